The second kappa shape index (κ2) is 5.53. The minimum absolute atomic E-state index is 0.209. The van der Waals surface area contributed by atoms with E-state index in [1.165, 1.54) is 18.4 Å². The van der Waals surface area contributed by atoms with Crippen LogP contribution in [0.15, 0.2) is 24.3 Å². The summed E-state index contributed by atoms with van der Waals surface area (Å²) in [7, 11) is 0. The summed E-state index contributed by atoms with van der Waals surface area (Å²) in [6.07, 6.45) is 4.56. The molecule has 0 spiro atoms. The number of aryl methyl sites for hydroxylation is 1. The van der Waals surface area contributed by atoms with Crippen molar-refractivity contribution in [3.05, 3.63) is 35.4 Å². The third-order valence-corrected chi connectivity index (χ3v) is 4.50. The average Bonchev–Trinajstić information content (AvgIpc) is 2.39. The molecule has 0 N–H and O–H groups in total. The monoisotopic (exact) mass is 234 g/mol. The summed E-state index contributed by atoms with van der Waals surface area (Å²) >= 11 is 1.83. The normalized spacial score (nSPS) is 20.7. The Morgan fingerprint density at radius 1 is 1.31 bits per heavy atom. The van der Waals surface area contributed by atoms with Crippen LogP contribution >= 0.6 is 11.8 Å². The summed E-state index contributed by atoms with van der Waals surface area (Å²) in [5.41, 5.74) is 2.18. The summed E-state index contributed by atoms with van der Waals surface area (Å²) in [6.45, 7) is 2.13. The van der Waals surface area contributed by atoms with E-state index in [0.717, 1.165) is 24.2 Å². The fourth-order valence-corrected chi connectivity index (χ4v) is 3.31. The van der Waals surface area contributed by atoms with Crippen LogP contribution in [0.4, 0.5) is 0 Å². The summed E-state index contributed by atoms with van der Waals surface area (Å²) < 4.78 is 0. The van der Waals surface area contributed by atoms with E-state index >= 15 is 0 Å². The zero-order valence-electron chi connectivity index (χ0n) is 9.74. The molecular formula is C14H18OS. The van der Waals surface area contributed by atoms with Gasteiger partial charge in [-0.1, -0.05) is 37.6 Å². The summed E-state index contributed by atoms with van der Waals surface area (Å²) in [5, 5.41) is 0.209. The van der Waals surface area contributed by atoms with E-state index < -0.39 is 0 Å². The highest BCUT2D eigenvalue weighted by Crippen LogP contribution is 2.27. The van der Waals surface area contributed by atoms with Crippen LogP contribution in [0.1, 0.15) is 42.1 Å². The van der Waals surface area contributed by atoms with Gasteiger partial charge in [0, 0.05) is 5.56 Å². The van der Waals surface area contributed by atoms with Gasteiger partial charge in [0.25, 0.3) is 0 Å². The first-order valence-corrected chi connectivity index (χ1v) is 7.11. The van der Waals surface area contributed by atoms with Gasteiger partial charge in [-0.3, -0.25) is 4.79 Å². The Morgan fingerprint density at radius 2 is 2.06 bits per heavy atom. The molecule has 2 rings (SSSR count). The smallest absolute Gasteiger partial charge is 0.175 e. The molecule has 1 fully saturated rings. The van der Waals surface area contributed by atoms with E-state index in [9.17, 15) is 4.79 Å². The first kappa shape index (κ1) is 11.7. The van der Waals surface area contributed by atoms with Gasteiger partial charge in [-0.25, -0.2) is 0 Å². The van der Waals surface area contributed by atoms with Crippen LogP contribution in [0, 0.1) is 0 Å². The van der Waals surface area contributed by atoms with Crippen LogP contribution in [0.2, 0.25) is 0 Å². The van der Waals surface area contributed by atoms with Crippen molar-refractivity contribution in [1.82, 2.24) is 0 Å². The summed E-state index contributed by atoms with van der Waals surface area (Å²) in [6, 6.07) is 8.11. The van der Waals surface area contributed by atoms with Crippen molar-refractivity contribution >= 4 is 17.5 Å². The van der Waals surface area contributed by atoms with Gasteiger partial charge in [-0.05, 0) is 30.6 Å². The Bertz CT molecular complexity index is 350. The lowest BCUT2D eigenvalue weighted by atomic mass is 10.0. The topological polar surface area (TPSA) is 17.1 Å². The first-order chi connectivity index (χ1) is 7.81. The third-order valence-electron chi connectivity index (χ3n) is 3.12. The van der Waals surface area contributed by atoms with E-state index in [0.29, 0.717) is 5.78 Å². The van der Waals surface area contributed by atoms with Gasteiger partial charge < -0.3 is 0 Å². The number of hydrogen-bond acceptors (Lipinski definition) is 2. The first-order valence-electron chi connectivity index (χ1n) is 6.06. The molecule has 1 unspecified atom stereocenters. The lowest BCUT2D eigenvalue weighted by Gasteiger charge is -2.19. The molecule has 0 saturated carbocycles. The van der Waals surface area contributed by atoms with E-state index in [2.05, 4.69) is 19.1 Å². The average molecular weight is 234 g/mol. The lowest BCUT2D eigenvalue weighted by molar-refractivity contribution is 0.0985. The maximum atomic E-state index is 12.2. The van der Waals surface area contributed by atoms with Crippen LogP contribution in [0.5, 0.6) is 0 Å². The maximum absolute atomic E-state index is 12.2. The Balaban J connectivity index is 2.07. The van der Waals surface area contributed by atoms with Crippen molar-refractivity contribution in [1.29, 1.82) is 0 Å². The number of ketones is 1. The van der Waals surface area contributed by atoms with Crippen molar-refractivity contribution in [3.8, 4) is 0 Å². The Morgan fingerprint density at radius 3 is 2.62 bits per heavy atom. The zero-order valence-corrected chi connectivity index (χ0v) is 10.6. The number of thioether (sulfide) groups is 1. The number of rotatable bonds is 3. The molecule has 1 aliphatic heterocycles. The largest absolute Gasteiger partial charge is 0.293 e. The van der Waals surface area contributed by atoms with Gasteiger partial charge in [0.05, 0.1) is 5.25 Å². The molecule has 2 heteroatoms. The fraction of sp³-hybridized carbons (Fsp3) is 0.500. The molecule has 0 amide bonds. The molecule has 1 nitrogen and oxygen atoms in total. The molecular weight excluding hydrogens is 216 g/mol. The van der Waals surface area contributed by atoms with Crippen molar-refractivity contribution in [2.24, 2.45) is 0 Å². The predicted octanol–water partition coefficient (Wildman–Crippen LogP) is 3.72. The minimum atomic E-state index is 0.209. The van der Waals surface area contributed by atoms with Gasteiger partial charge in [0.1, 0.15) is 0 Å². The molecule has 86 valence electrons. The van der Waals surface area contributed by atoms with Crippen LogP contribution in [0.25, 0.3) is 0 Å². The van der Waals surface area contributed by atoms with Gasteiger partial charge in [-0.2, -0.15) is 11.8 Å². The van der Waals surface area contributed by atoms with Crippen LogP contribution in [-0.4, -0.2) is 16.8 Å². The Kier molecular flexibility index (Phi) is 4.05. The summed E-state index contributed by atoms with van der Waals surface area (Å²) in [5.74, 6) is 1.47. The van der Waals surface area contributed by atoms with Gasteiger partial charge in [0.15, 0.2) is 5.78 Å². The second-order valence-electron chi connectivity index (χ2n) is 4.27. The van der Waals surface area contributed by atoms with Crippen LogP contribution in [0.3, 0.4) is 0 Å². The van der Waals surface area contributed by atoms with Gasteiger partial charge in [0.2, 0.25) is 0 Å². The third kappa shape index (κ3) is 2.67. The Hall–Kier alpha value is -0.760. The molecule has 16 heavy (non-hydrogen) atoms. The molecule has 1 aromatic carbocycles. The van der Waals surface area contributed by atoms with Crippen LogP contribution < -0.4 is 0 Å². The summed E-state index contributed by atoms with van der Waals surface area (Å²) in [4.78, 5) is 12.2. The van der Waals surface area contributed by atoms with Crippen molar-refractivity contribution in [2.45, 2.75) is 37.9 Å². The van der Waals surface area contributed by atoms with Gasteiger partial charge >= 0.3 is 0 Å². The van der Waals surface area contributed by atoms with E-state index in [-0.39, 0.29) is 5.25 Å². The van der Waals surface area contributed by atoms with E-state index in [1.807, 2.05) is 23.9 Å². The maximum Gasteiger partial charge on any atom is 0.175 e. The van der Waals surface area contributed by atoms with Crippen LogP contribution in [-0.2, 0) is 6.42 Å². The van der Waals surface area contributed by atoms with Crippen molar-refractivity contribution < 1.29 is 4.79 Å². The lowest BCUT2D eigenvalue weighted by Crippen LogP contribution is -2.20. The molecule has 1 heterocycles. The molecule has 1 aromatic rings. The fourth-order valence-electron chi connectivity index (χ4n) is 2.04. The number of benzene rings is 1. The highest BCUT2D eigenvalue weighted by molar-refractivity contribution is 8.00. The van der Waals surface area contributed by atoms with E-state index in [4.69, 9.17) is 0 Å². The molecule has 0 bridgehead atoms. The number of Topliss-reactive ketones (excluding diaryl/α,β-unsaturated/α-hetero) is 1. The molecule has 1 atom stereocenters. The highest BCUT2D eigenvalue weighted by atomic mass is 32.2. The SMILES string of the molecule is CCc1ccc(C(=O)C2CCCCS2)cc1. The van der Waals surface area contributed by atoms with Gasteiger partial charge in [-0.15, -0.1) is 0 Å². The molecule has 1 saturated heterocycles. The number of carbonyl (C=O) groups is 1. The zero-order chi connectivity index (χ0) is 11.4. The quantitative estimate of drug-likeness (QED) is 0.741. The van der Waals surface area contributed by atoms with Crippen molar-refractivity contribution in [2.75, 3.05) is 5.75 Å². The molecule has 0 radical (unpaired) electrons. The predicted molar refractivity (Wildman–Crippen MR) is 70.2 cm³/mol. The van der Waals surface area contributed by atoms with Crippen molar-refractivity contribution in [3.63, 3.8) is 0 Å². The second-order valence-corrected chi connectivity index (χ2v) is 5.58. The molecule has 0 aliphatic carbocycles. The standard InChI is InChI=1S/C14H18OS/c1-2-11-6-8-12(9-7-11)14(15)13-5-3-4-10-16-13/h6-9,13H,2-5,10H2,1H3. The molecule has 1 aliphatic rings. The highest BCUT2D eigenvalue weighted by Gasteiger charge is 2.22. The van der Waals surface area contributed by atoms with E-state index in [1.54, 1.807) is 0 Å². The number of hydrogen-bond donors (Lipinski definition) is 0. The Labute approximate surface area is 102 Å². The molecule has 0 aromatic heterocycles. The number of carbonyl (C=O) groups excluding carboxylic acids is 1. The minimum Gasteiger partial charge on any atom is -0.293 e.